The summed E-state index contributed by atoms with van der Waals surface area (Å²) in [5.74, 6) is 0.672. The second-order valence-corrected chi connectivity index (χ2v) is 9.05. The second kappa shape index (κ2) is 7.49. The van der Waals surface area contributed by atoms with Crippen LogP contribution in [0.4, 0.5) is 5.82 Å². The van der Waals surface area contributed by atoms with Gasteiger partial charge in [0.1, 0.15) is 5.82 Å². The number of aromatic nitrogens is 3. The predicted molar refractivity (Wildman–Crippen MR) is 116 cm³/mol. The summed E-state index contributed by atoms with van der Waals surface area (Å²) in [4.78, 5) is 19.7. The molecule has 7 nitrogen and oxygen atoms in total. The van der Waals surface area contributed by atoms with E-state index >= 15 is 0 Å². The van der Waals surface area contributed by atoms with Crippen LogP contribution >= 0.6 is 0 Å². The molecular weight excluding hydrogens is 378 g/mol. The Hall–Kier alpha value is -2.77. The van der Waals surface area contributed by atoms with E-state index in [9.17, 15) is 4.79 Å². The van der Waals surface area contributed by atoms with E-state index in [1.165, 1.54) is 0 Å². The molecule has 5 rings (SSSR count). The molecule has 2 saturated heterocycles. The van der Waals surface area contributed by atoms with E-state index in [0.717, 1.165) is 61.2 Å². The van der Waals surface area contributed by atoms with Crippen molar-refractivity contribution in [2.24, 2.45) is 18.4 Å². The minimum absolute atomic E-state index is 0.00817. The third-order valence-corrected chi connectivity index (χ3v) is 6.16. The molecule has 1 amide bonds. The van der Waals surface area contributed by atoms with E-state index in [-0.39, 0.29) is 17.2 Å². The molecule has 1 unspecified atom stereocenters. The Morgan fingerprint density at radius 1 is 1.23 bits per heavy atom. The number of nitrogens with zero attached hydrogens (tertiary/aromatic N) is 4. The van der Waals surface area contributed by atoms with Gasteiger partial charge in [0.05, 0.1) is 25.3 Å². The number of carbonyl (C=O) groups is 1. The Kier molecular flexibility index (Phi) is 4.79. The van der Waals surface area contributed by atoms with Crippen molar-refractivity contribution >= 4 is 22.5 Å². The first kappa shape index (κ1) is 19.2. The number of likely N-dealkylation sites (tertiary alicyclic amines) is 1. The molecular formula is C23H27N5O2. The fraction of sp³-hybridized carbons (Fsp3) is 0.435. The molecule has 2 fully saturated rings. The van der Waals surface area contributed by atoms with E-state index in [4.69, 9.17) is 4.74 Å². The predicted octanol–water partition coefficient (Wildman–Crippen LogP) is 2.93. The quantitative estimate of drug-likeness (QED) is 0.707. The van der Waals surface area contributed by atoms with Gasteiger partial charge >= 0.3 is 0 Å². The van der Waals surface area contributed by atoms with Crippen LogP contribution in [0.25, 0.3) is 21.9 Å². The number of carbonyl (C=O) groups excluding carboxylic acids is 1. The average Bonchev–Trinajstić information content (AvgIpc) is 3.35. The van der Waals surface area contributed by atoms with Gasteiger partial charge in [-0.1, -0.05) is 19.1 Å². The highest BCUT2D eigenvalue weighted by Crippen LogP contribution is 2.30. The minimum atomic E-state index is 0.00817. The first-order valence-electron chi connectivity index (χ1n) is 10.5. The number of aryl methyl sites for hydroxylation is 1. The van der Waals surface area contributed by atoms with Gasteiger partial charge < -0.3 is 15.0 Å². The van der Waals surface area contributed by atoms with E-state index in [1.54, 1.807) is 4.68 Å². The summed E-state index contributed by atoms with van der Waals surface area (Å²) in [6.07, 6.45) is 6.55. The van der Waals surface area contributed by atoms with Crippen LogP contribution < -0.4 is 5.32 Å². The molecule has 1 atom stereocenters. The number of rotatable bonds is 5. The number of benzene rings is 1. The summed E-state index contributed by atoms with van der Waals surface area (Å²) in [6.45, 7) is 6.67. The molecule has 0 bridgehead atoms. The summed E-state index contributed by atoms with van der Waals surface area (Å²) in [7, 11) is 1.91. The van der Waals surface area contributed by atoms with Gasteiger partial charge in [0.25, 0.3) is 0 Å². The first-order valence-corrected chi connectivity index (χ1v) is 10.5. The van der Waals surface area contributed by atoms with Crippen molar-refractivity contribution in [2.45, 2.75) is 13.3 Å². The molecule has 156 valence electrons. The van der Waals surface area contributed by atoms with Crippen LogP contribution in [-0.2, 0) is 16.6 Å². The number of nitrogens with one attached hydrogen (secondary N) is 1. The maximum absolute atomic E-state index is 12.8. The van der Waals surface area contributed by atoms with Crippen LogP contribution in [0.15, 0.2) is 42.9 Å². The third-order valence-electron chi connectivity index (χ3n) is 6.16. The van der Waals surface area contributed by atoms with Crippen molar-refractivity contribution in [3.63, 3.8) is 0 Å². The van der Waals surface area contributed by atoms with Gasteiger partial charge in [-0.3, -0.25) is 9.48 Å². The number of fused-ring (bicyclic) bond motifs is 1. The SMILES string of the molecule is Cn1cc(-c2ccc3cnc(NC(=O)C4CCN(CC5(C)COC5)C4)cc3c2)cn1. The zero-order chi connectivity index (χ0) is 20.7. The molecule has 0 saturated carbocycles. The molecule has 2 aliphatic heterocycles. The van der Waals surface area contributed by atoms with Gasteiger partial charge in [-0.25, -0.2) is 4.98 Å². The summed E-state index contributed by atoms with van der Waals surface area (Å²) in [6, 6.07) is 8.19. The maximum atomic E-state index is 12.8. The van der Waals surface area contributed by atoms with Gasteiger partial charge in [-0.15, -0.1) is 0 Å². The molecule has 1 N–H and O–H groups in total. The molecule has 4 heterocycles. The Morgan fingerprint density at radius 3 is 2.83 bits per heavy atom. The number of hydrogen-bond acceptors (Lipinski definition) is 5. The van der Waals surface area contributed by atoms with Crippen LogP contribution in [0.5, 0.6) is 0 Å². The zero-order valence-electron chi connectivity index (χ0n) is 17.5. The highest BCUT2D eigenvalue weighted by Gasteiger charge is 2.38. The van der Waals surface area contributed by atoms with Gasteiger partial charge in [0.2, 0.25) is 5.91 Å². The van der Waals surface area contributed by atoms with Gasteiger partial charge in [0.15, 0.2) is 0 Å². The van der Waals surface area contributed by atoms with E-state index in [2.05, 4.69) is 45.4 Å². The summed E-state index contributed by atoms with van der Waals surface area (Å²) >= 11 is 0. The highest BCUT2D eigenvalue weighted by molar-refractivity contribution is 5.95. The lowest BCUT2D eigenvalue weighted by molar-refractivity contribution is -0.120. The molecule has 30 heavy (non-hydrogen) atoms. The molecule has 3 aromatic rings. The number of pyridine rings is 1. The molecule has 0 spiro atoms. The largest absolute Gasteiger partial charge is 0.380 e. The first-order chi connectivity index (χ1) is 14.5. The fourth-order valence-electron chi connectivity index (χ4n) is 4.46. The van der Waals surface area contributed by atoms with Crippen LogP contribution in [0.3, 0.4) is 0 Å². The van der Waals surface area contributed by atoms with Crippen molar-refractivity contribution < 1.29 is 9.53 Å². The Morgan fingerprint density at radius 2 is 2.10 bits per heavy atom. The van der Waals surface area contributed by atoms with Crippen molar-refractivity contribution in [3.8, 4) is 11.1 Å². The van der Waals surface area contributed by atoms with Crippen LogP contribution in [0.2, 0.25) is 0 Å². The van der Waals surface area contributed by atoms with Gasteiger partial charge in [-0.2, -0.15) is 5.10 Å². The van der Waals surface area contributed by atoms with E-state index < -0.39 is 0 Å². The summed E-state index contributed by atoms with van der Waals surface area (Å²) in [5, 5.41) is 9.37. The minimum Gasteiger partial charge on any atom is -0.380 e. The highest BCUT2D eigenvalue weighted by atomic mass is 16.5. The third kappa shape index (κ3) is 3.82. The van der Waals surface area contributed by atoms with Crippen LogP contribution in [-0.4, -0.2) is 58.4 Å². The average molecular weight is 406 g/mol. The lowest BCUT2D eigenvalue weighted by Crippen LogP contribution is -2.48. The van der Waals surface area contributed by atoms with Crippen molar-refractivity contribution in [1.82, 2.24) is 19.7 Å². The summed E-state index contributed by atoms with van der Waals surface area (Å²) < 4.78 is 7.15. The number of ether oxygens (including phenoxy) is 1. The van der Waals surface area contributed by atoms with Crippen molar-refractivity contribution in [3.05, 3.63) is 42.9 Å². The van der Waals surface area contributed by atoms with Crippen LogP contribution in [0, 0.1) is 11.3 Å². The standard InChI is InChI=1S/C23H27N5O2/c1-23(14-30-15-23)13-28-6-5-18(12-28)22(29)26-21-8-19-7-16(3-4-17(19)9-24-21)20-10-25-27(2)11-20/h3-4,7-11,18H,5-6,12-15H2,1-2H3,(H,24,26,29). The van der Waals surface area contributed by atoms with Gasteiger partial charge in [0, 0.05) is 48.9 Å². The number of hydrogen-bond donors (Lipinski definition) is 1. The van der Waals surface area contributed by atoms with E-state index in [0.29, 0.717) is 5.82 Å². The van der Waals surface area contributed by atoms with Crippen LogP contribution in [0.1, 0.15) is 13.3 Å². The van der Waals surface area contributed by atoms with Crippen molar-refractivity contribution in [1.29, 1.82) is 0 Å². The monoisotopic (exact) mass is 405 g/mol. The number of amides is 1. The molecule has 2 aromatic heterocycles. The molecule has 0 aliphatic carbocycles. The fourth-order valence-corrected chi connectivity index (χ4v) is 4.46. The Balaban J connectivity index is 1.27. The van der Waals surface area contributed by atoms with Crippen molar-refractivity contribution in [2.75, 3.05) is 38.2 Å². The summed E-state index contributed by atoms with van der Waals surface area (Å²) in [5.41, 5.74) is 2.41. The molecule has 2 aliphatic rings. The van der Waals surface area contributed by atoms with E-state index in [1.807, 2.05) is 31.7 Å². The lowest BCUT2D eigenvalue weighted by Gasteiger charge is -2.40. The Labute approximate surface area is 176 Å². The molecule has 7 heteroatoms. The zero-order valence-corrected chi connectivity index (χ0v) is 17.5. The topological polar surface area (TPSA) is 72.3 Å². The lowest BCUT2D eigenvalue weighted by atomic mass is 9.88. The normalized spacial score (nSPS) is 20.9. The molecule has 0 radical (unpaired) electrons. The number of anilines is 1. The molecule has 1 aromatic carbocycles. The maximum Gasteiger partial charge on any atom is 0.229 e. The Bertz CT molecular complexity index is 1090. The van der Waals surface area contributed by atoms with Gasteiger partial charge in [-0.05, 0) is 36.0 Å². The smallest absolute Gasteiger partial charge is 0.229 e. The second-order valence-electron chi connectivity index (χ2n) is 9.05.